The molecule has 0 saturated heterocycles. The molecule has 0 spiro atoms. The highest BCUT2D eigenvalue weighted by Crippen LogP contribution is 2.44. The summed E-state index contributed by atoms with van der Waals surface area (Å²) in [5.74, 6) is -0.784. The number of fused-ring (bicyclic) bond motifs is 3. The summed E-state index contributed by atoms with van der Waals surface area (Å²) in [6.45, 7) is 1.68. The fourth-order valence-electron chi connectivity index (χ4n) is 4.10. The van der Waals surface area contributed by atoms with Crippen molar-refractivity contribution in [2.75, 3.05) is 6.61 Å². The summed E-state index contributed by atoms with van der Waals surface area (Å²) in [6.07, 6.45) is -0.745. The zero-order valence-corrected chi connectivity index (χ0v) is 19.8. The van der Waals surface area contributed by atoms with Gasteiger partial charge in [-0.3, -0.25) is 10.1 Å². The predicted octanol–water partition coefficient (Wildman–Crippen LogP) is 4.86. The maximum absolute atomic E-state index is 12.6. The number of amides is 1. The van der Waals surface area contributed by atoms with Crippen LogP contribution < -0.4 is 5.32 Å². The number of esters is 1. The van der Waals surface area contributed by atoms with Crippen LogP contribution in [0.1, 0.15) is 29.5 Å². The SMILES string of the molecule is C[C@@H](S)[C@H](NC(=O)OCC1c2ccccc2-c2ccccc21)C(=O)OCc1ccc([N+](=O)[O-])cc1. The third-order valence-corrected chi connectivity index (χ3v) is 6.18. The van der Waals surface area contributed by atoms with Gasteiger partial charge in [-0.2, -0.15) is 12.6 Å². The van der Waals surface area contributed by atoms with Gasteiger partial charge in [-0.25, -0.2) is 9.59 Å². The predicted molar refractivity (Wildman–Crippen MR) is 133 cm³/mol. The normalized spacial score (nSPS) is 13.8. The zero-order chi connectivity index (χ0) is 24.9. The summed E-state index contributed by atoms with van der Waals surface area (Å²) >= 11 is 4.31. The second-order valence-electron chi connectivity index (χ2n) is 8.22. The number of nitrogens with one attached hydrogen (secondary N) is 1. The van der Waals surface area contributed by atoms with Gasteiger partial charge in [-0.15, -0.1) is 0 Å². The average Bonchev–Trinajstić information content (AvgIpc) is 3.18. The summed E-state index contributed by atoms with van der Waals surface area (Å²) in [5.41, 5.74) is 4.93. The summed E-state index contributed by atoms with van der Waals surface area (Å²) in [6, 6.07) is 20.6. The van der Waals surface area contributed by atoms with E-state index >= 15 is 0 Å². The molecule has 0 radical (unpaired) electrons. The Labute approximate surface area is 207 Å². The van der Waals surface area contributed by atoms with Gasteiger partial charge in [-0.1, -0.05) is 55.5 Å². The molecule has 4 rings (SSSR count). The van der Waals surface area contributed by atoms with Crippen LogP contribution in [0.5, 0.6) is 0 Å². The summed E-state index contributed by atoms with van der Waals surface area (Å²) in [4.78, 5) is 35.4. The Balaban J connectivity index is 1.35. The van der Waals surface area contributed by atoms with E-state index in [-0.39, 0.29) is 24.8 Å². The highest BCUT2D eigenvalue weighted by atomic mass is 32.1. The molecule has 35 heavy (non-hydrogen) atoms. The van der Waals surface area contributed by atoms with Gasteiger partial charge in [0.05, 0.1) is 4.92 Å². The number of nitro benzene ring substituents is 1. The van der Waals surface area contributed by atoms with E-state index < -0.39 is 28.3 Å². The van der Waals surface area contributed by atoms with Crippen LogP contribution in [0.15, 0.2) is 72.8 Å². The van der Waals surface area contributed by atoms with Gasteiger partial charge in [0.2, 0.25) is 0 Å². The van der Waals surface area contributed by atoms with Gasteiger partial charge in [-0.05, 0) is 39.9 Å². The second kappa shape index (κ2) is 10.6. The van der Waals surface area contributed by atoms with Crippen LogP contribution in [-0.2, 0) is 20.9 Å². The third-order valence-electron chi connectivity index (χ3n) is 5.88. The van der Waals surface area contributed by atoms with Crippen molar-refractivity contribution in [3.63, 3.8) is 0 Å². The molecule has 1 amide bonds. The summed E-state index contributed by atoms with van der Waals surface area (Å²) < 4.78 is 10.8. The van der Waals surface area contributed by atoms with Crippen molar-refractivity contribution in [1.29, 1.82) is 0 Å². The van der Waals surface area contributed by atoms with Crippen molar-refractivity contribution in [3.05, 3.63) is 99.6 Å². The van der Waals surface area contributed by atoms with Crippen LogP contribution in [0.25, 0.3) is 11.1 Å². The number of non-ortho nitro benzene ring substituents is 1. The van der Waals surface area contributed by atoms with Crippen molar-refractivity contribution in [2.24, 2.45) is 0 Å². The first kappa shape index (κ1) is 24.3. The van der Waals surface area contributed by atoms with Crippen molar-refractivity contribution >= 4 is 30.4 Å². The van der Waals surface area contributed by atoms with E-state index in [0.29, 0.717) is 5.56 Å². The van der Waals surface area contributed by atoms with Crippen LogP contribution in [0.3, 0.4) is 0 Å². The smallest absolute Gasteiger partial charge is 0.407 e. The molecule has 0 aromatic heterocycles. The van der Waals surface area contributed by atoms with Crippen molar-refractivity contribution < 1.29 is 24.0 Å². The first-order chi connectivity index (χ1) is 16.8. The number of benzene rings is 3. The quantitative estimate of drug-likeness (QED) is 0.201. The van der Waals surface area contributed by atoms with Crippen LogP contribution in [-0.4, -0.2) is 34.9 Å². The maximum Gasteiger partial charge on any atom is 0.407 e. The monoisotopic (exact) mass is 492 g/mol. The number of nitro groups is 1. The molecule has 0 bridgehead atoms. The lowest BCUT2D eigenvalue weighted by atomic mass is 9.98. The minimum atomic E-state index is -1.04. The van der Waals surface area contributed by atoms with Crippen molar-refractivity contribution in [3.8, 4) is 11.1 Å². The van der Waals surface area contributed by atoms with Crippen LogP contribution >= 0.6 is 12.6 Å². The molecule has 0 saturated carbocycles. The Hall–Kier alpha value is -3.85. The Kier molecular flexibility index (Phi) is 7.36. The van der Waals surface area contributed by atoms with Gasteiger partial charge in [0.15, 0.2) is 0 Å². The minimum Gasteiger partial charge on any atom is -0.459 e. The van der Waals surface area contributed by atoms with Crippen molar-refractivity contribution in [1.82, 2.24) is 5.32 Å². The first-order valence-corrected chi connectivity index (χ1v) is 11.6. The first-order valence-electron chi connectivity index (χ1n) is 11.0. The molecular formula is C26H24N2O6S. The number of hydrogen-bond acceptors (Lipinski definition) is 7. The Morgan fingerprint density at radius 3 is 2.09 bits per heavy atom. The van der Waals surface area contributed by atoms with Crippen LogP contribution in [0.2, 0.25) is 0 Å². The van der Waals surface area contributed by atoms with E-state index in [2.05, 4.69) is 17.9 Å². The number of alkyl carbamates (subject to hydrolysis) is 1. The number of hydrogen-bond donors (Lipinski definition) is 2. The molecule has 0 aliphatic heterocycles. The third kappa shape index (κ3) is 5.46. The minimum absolute atomic E-state index is 0.0566. The van der Waals surface area contributed by atoms with Gasteiger partial charge in [0.1, 0.15) is 19.3 Å². The molecule has 3 aromatic carbocycles. The Morgan fingerprint density at radius 1 is 0.971 bits per heavy atom. The largest absolute Gasteiger partial charge is 0.459 e. The molecule has 8 nitrogen and oxygen atoms in total. The highest BCUT2D eigenvalue weighted by molar-refractivity contribution is 7.81. The standard InChI is InChI=1S/C26H24N2O6S/c1-16(35)24(25(29)33-14-17-10-12-18(13-11-17)28(31)32)27-26(30)34-15-23-21-8-4-2-6-19(21)20-7-3-5-9-22(20)23/h2-13,16,23-24,35H,14-15H2,1H3,(H,27,30)/t16-,24+/m1/s1. The molecule has 3 aromatic rings. The number of rotatable bonds is 8. The van der Waals surface area contributed by atoms with Gasteiger partial charge in [0.25, 0.3) is 5.69 Å². The lowest BCUT2D eigenvalue weighted by Crippen LogP contribution is -2.47. The van der Waals surface area contributed by atoms with E-state index in [0.717, 1.165) is 22.3 Å². The number of thiol groups is 1. The molecule has 2 atom stereocenters. The van der Waals surface area contributed by atoms with Crippen molar-refractivity contribution in [2.45, 2.75) is 30.7 Å². The summed E-state index contributed by atoms with van der Waals surface area (Å²) in [5, 5.41) is 12.8. The molecule has 1 aliphatic rings. The van der Waals surface area contributed by atoms with Crippen LogP contribution in [0.4, 0.5) is 10.5 Å². The number of nitrogens with zero attached hydrogens (tertiary/aromatic N) is 1. The van der Waals surface area contributed by atoms with Gasteiger partial charge < -0.3 is 14.8 Å². The highest BCUT2D eigenvalue weighted by Gasteiger charge is 2.31. The number of ether oxygens (including phenoxy) is 2. The van der Waals surface area contributed by atoms with Crippen LogP contribution in [0, 0.1) is 10.1 Å². The van der Waals surface area contributed by atoms with E-state index in [9.17, 15) is 19.7 Å². The molecule has 0 heterocycles. The summed E-state index contributed by atoms with van der Waals surface area (Å²) in [7, 11) is 0. The zero-order valence-electron chi connectivity index (χ0n) is 18.9. The van der Waals surface area contributed by atoms with E-state index in [1.54, 1.807) is 6.92 Å². The van der Waals surface area contributed by atoms with E-state index in [4.69, 9.17) is 9.47 Å². The molecule has 9 heteroatoms. The lowest BCUT2D eigenvalue weighted by molar-refractivity contribution is -0.384. The van der Waals surface area contributed by atoms with Gasteiger partial charge in [0, 0.05) is 23.3 Å². The molecular weight excluding hydrogens is 468 g/mol. The Morgan fingerprint density at radius 2 is 1.54 bits per heavy atom. The number of carbonyl (C=O) groups excluding carboxylic acids is 2. The number of carbonyl (C=O) groups is 2. The Bertz CT molecular complexity index is 1200. The second-order valence-corrected chi connectivity index (χ2v) is 9.03. The fraction of sp³-hybridized carbons (Fsp3) is 0.231. The maximum atomic E-state index is 12.6. The molecule has 180 valence electrons. The molecule has 1 N–H and O–H groups in total. The fourth-order valence-corrected chi connectivity index (χ4v) is 4.30. The average molecular weight is 493 g/mol. The molecule has 0 fully saturated rings. The van der Waals surface area contributed by atoms with Gasteiger partial charge >= 0.3 is 12.1 Å². The van der Waals surface area contributed by atoms with E-state index in [1.165, 1.54) is 24.3 Å². The molecule has 1 aliphatic carbocycles. The van der Waals surface area contributed by atoms with E-state index in [1.807, 2.05) is 48.5 Å². The topological polar surface area (TPSA) is 108 Å². The lowest BCUT2D eigenvalue weighted by Gasteiger charge is -2.21. The molecule has 0 unspecified atom stereocenters.